The van der Waals surface area contributed by atoms with E-state index >= 15 is 0 Å². The van der Waals surface area contributed by atoms with Crippen molar-refractivity contribution in [2.24, 2.45) is 11.3 Å². The molecule has 0 radical (unpaired) electrons. The number of hydrogen-bond donors (Lipinski definition) is 1. The minimum atomic E-state index is 0.536. The molecular weight excluding hydrogens is 314 g/mol. The van der Waals surface area contributed by atoms with Gasteiger partial charge in [-0.2, -0.15) is 0 Å². The molecule has 3 aliphatic heterocycles. The number of morpholine rings is 1. The molecule has 0 unspecified atom stereocenters. The molecule has 0 amide bonds. The Hall–Kier alpha value is -0.200. The second kappa shape index (κ2) is 7.08. The summed E-state index contributed by atoms with van der Waals surface area (Å²) in [6.07, 6.45) is 8.79. The lowest BCUT2D eigenvalue weighted by atomic mass is 9.46. The Kier molecular flexibility index (Phi) is 4.80. The Labute approximate surface area is 152 Å². The third kappa shape index (κ3) is 3.06. The molecule has 0 aromatic carbocycles. The van der Waals surface area contributed by atoms with Crippen LogP contribution in [0.5, 0.6) is 0 Å². The average molecular weight is 350 g/mol. The van der Waals surface area contributed by atoms with Gasteiger partial charge < -0.3 is 19.7 Å². The van der Waals surface area contributed by atoms with E-state index in [1.54, 1.807) is 0 Å². The van der Waals surface area contributed by atoms with Crippen molar-refractivity contribution in [2.75, 3.05) is 59.1 Å². The Morgan fingerprint density at radius 3 is 2.28 bits per heavy atom. The van der Waals surface area contributed by atoms with Gasteiger partial charge in [-0.1, -0.05) is 6.42 Å². The lowest BCUT2D eigenvalue weighted by Gasteiger charge is -2.64. The van der Waals surface area contributed by atoms with Crippen LogP contribution in [0.1, 0.15) is 38.5 Å². The van der Waals surface area contributed by atoms with E-state index < -0.39 is 0 Å². The lowest BCUT2D eigenvalue weighted by Crippen LogP contribution is -2.72. The lowest BCUT2D eigenvalue weighted by molar-refractivity contribution is -0.179. The topological polar surface area (TPSA) is 37.0 Å². The van der Waals surface area contributed by atoms with Crippen LogP contribution in [0.2, 0.25) is 0 Å². The molecule has 5 heteroatoms. The second-order valence-corrected chi connectivity index (χ2v) is 9.04. The fourth-order valence-corrected chi connectivity index (χ4v) is 6.18. The zero-order chi connectivity index (χ0) is 16.7. The molecule has 0 aromatic rings. The van der Waals surface area contributed by atoms with Crippen LogP contribution in [0.4, 0.5) is 0 Å². The standard InChI is InChI=1S/C20H35N3O2/c1-5-20(6-1)18(17-4-13-25-19(17)20)21-16-2-7-22(8-3-16)9-10-23-11-14-24-15-12-23/h16-19,21H,1-15H2/t17-,18+,19+/m0/s1. The summed E-state index contributed by atoms with van der Waals surface area (Å²) in [6.45, 7) is 10.1. The Bertz CT molecular complexity index is 456. The zero-order valence-electron chi connectivity index (χ0n) is 15.6. The van der Waals surface area contributed by atoms with Gasteiger partial charge in [-0.05, 0) is 45.2 Å². The van der Waals surface area contributed by atoms with Crippen molar-refractivity contribution in [3.8, 4) is 0 Å². The molecule has 5 rings (SSSR count). The number of ether oxygens (including phenoxy) is 2. The molecule has 3 saturated heterocycles. The van der Waals surface area contributed by atoms with Gasteiger partial charge in [0.2, 0.25) is 0 Å². The van der Waals surface area contributed by atoms with E-state index in [0.29, 0.717) is 11.5 Å². The van der Waals surface area contributed by atoms with Crippen molar-refractivity contribution >= 4 is 0 Å². The molecule has 5 aliphatic rings. The van der Waals surface area contributed by atoms with E-state index in [2.05, 4.69) is 15.1 Å². The molecule has 5 fully saturated rings. The summed E-state index contributed by atoms with van der Waals surface area (Å²) in [5.41, 5.74) is 0.536. The summed E-state index contributed by atoms with van der Waals surface area (Å²) in [7, 11) is 0. The van der Waals surface area contributed by atoms with Crippen LogP contribution in [-0.4, -0.2) is 87.1 Å². The summed E-state index contributed by atoms with van der Waals surface area (Å²) in [4.78, 5) is 5.23. The van der Waals surface area contributed by atoms with Crippen LogP contribution < -0.4 is 5.32 Å². The molecule has 0 aromatic heterocycles. The molecule has 25 heavy (non-hydrogen) atoms. The first kappa shape index (κ1) is 16.9. The van der Waals surface area contributed by atoms with Crippen molar-refractivity contribution in [2.45, 2.75) is 56.7 Å². The number of nitrogens with one attached hydrogen (secondary N) is 1. The Morgan fingerprint density at radius 1 is 0.880 bits per heavy atom. The summed E-state index contributed by atoms with van der Waals surface area (Å²) in [5, 5.41) is 4.11. The highest BCUT2D eigenvalue weighted by Crippen LogP contribution is 2.62. The molecule has 142 valence electrons. The van der Waals surface area contributed by atoms with E-state index in [-0.39, 0.29) is 0 Å². The smallest absolute Gasteiger partial charge is 0.0690 e. The highest BCUT2D eigenvalue weighted by Gasteiger charge is 2.66. The van der Waals surface area contributed by atoms with E-state index in [1.165, 1.54) is 64.7 Å². The van der Waals surface area contributed by atoms with Gasteiger partial charge in [-0.25, -0.2) is 0 Å². The van der Waals surface area contributed by atoms with Crippen LogP contribution in [0, 0.1) is 11.3 Å². The minimum Gasteiger partial charge on any atom is -0.379 e. The summed E-state index contributed by atoms with van der Waals surface area (Å²) < 4.78 is 11.5. The number of hydrogen-bond acceptors (Lipinski definition) is 5. The molecule has 1 spiro atoms. The quantitative estimate of drug-likeness (QED) is 0.810. The van der Waals surface area contributed by atoms with Crippen molar-refractivity contribution < 1.29 is 9.47 Å². The first-order valence-corrected chi connectivity index (χ1v) is 10.8. The number of fused-ring (bicyclic) bond motifs is 2. The highest BCUT2D eigenvalue weighted by atomic mass is 16.5. The van der Waals surface area contributed by atoms with Gasteiger partial charge in [0.05, 0.1) is 19.3 Å². The van der Waals surface area contributed by atoms with Crippen molar-refractivity contribution in [1.82, 2.24) is 15.1 Å². The van der Waals surface area contributed by atoms with Crippen molar-refractivity contribution in [3.63, 3.8) is 0 Å². The SMILES string of the molecule is C1CC2(C1)[C@H](NC1CCN(CCN3CCOCC3)CC1)[C@@H]1CCO[C@H]12. The first-order chi connectivity index (χ1) is 12.4. The number of likely N-dealkylation sites (tertiary alicyclic amines) is 1. The van der Waals surface area contributed by atoms with Crippen molar-refractivity contribution in [3.05, 3.63) is 0 Å². The van der Waals surface area contributed by atoms with Gasteiger partial charge in [0.1, 0.15) is 0 Å². The van der Waals surface area contributed by atoms with Crippen molar-refractivity contribution in [1.29, 1.82) is 0 Å². The molecular formula is C20H35N3O2. The number of rotatable bonds is 5. The molecule has 2 saturated carbocycles. The highest BCUT2D eigenvalue weighted by molar-refractivity contribution is 5.18. The third-order valence-electron chi connectivity index (χ3n) is 7.88. The van der Waals surface area contributed by atoms with Gasteiger partial charge in [0.25, 0.3) is 0 Å². The predicted octanol–water partition coefficient (Wildman–Crippen LogP) is 1.33. The maximum atomic E-state index is 6.07. The second-order valence-electron chi connectivity index (χ2n) is 9.04. The normalized spacial score (nSPS) is 39.1. The van der Waals surface area contributed by atoms with Crippen LogP contribution in [0.15, 0.2) is 0 Å². The monoisotopic (exact) mass is 349 g/mol. The zero-order valence-corrected chi connectivity index (χ0v) is 15.6. The summed E-state index contributed by atoms with van der Waals surface area (Å²) >= 11 is 0. The van der Waals surface area contributed by atoms with E-state index in [0.717, 1.165) is 50.9 Å². The third-order valence-corrected chi connectivity index (χ3v) is 7.88. The Balaban J connectivity index is 1.07. The van der Waals surface area contributed by atoms with Gasteiger partial charge >= 0.3 is 0 Å². The van der Waals surface area contributed by atoms with E-state index in [4.69, 9.17) is 9.47 Å². The number of nitrogens with zero attached hydrogens (tertiary/aromatic N) is 2. The largest absolute Gasteiger partial charge is 0.379 e. The van der Waals surface area contributed by atoms with Crippen LogP contribution in [0.25, 0.3) is 0 Å². The van der Waals surface area contributed by atoms with Gasteiger partial charge in [0, 0.05) is 56.2 Å². The predicted molar refractivity (Wildman–Crippen MR) is 97.8 cm³/mol. The van der Waals surface area contributed by atoms with E-state index in [1.807, 2.05) is 0 Å². The van der Waals surface area contributed by atoms with Crippen LogP contribution in [-0.2, 0) is 9.47 Å². The molecule has 5 nitrogen and oxygen atoms in total. The summed E-state index contributed by atoms with van der Waals surface area (Å²) in [5.74, 6) is 0.819. The fourth-order valence-electron chi connectivity index (χ4n) is 6.18. The molecule has 3 heterocycles. The molecule has 0 bridgehead atoms. The Morgan fingerprint density at radius 2 is 1.60 bits per heavy atom. The fraction of sp³-hybridized carbons (Fsp3) is 1.00. The van der Waals surface area contributed by atoms with Gasteiger partial charge in [-0.15, -0.1) is 0 Å². The first-order valence-electron chi connectivity index (χ1n) is 10.8. The summed E-state index contributed by atoms with van der Waals surface area (Å²) in [6, 6.07) is 1.50. The van der Waals surface area contributed by atoms with Crippen LogP contribution in [0.3, 0.4) is 0 Å². The average Bonchev–Trinajstić information content (AvgIpc) is 3.04. The minimum absolute atomic E-state index is 0.536. The van der Waals surface area contributed by atoms with E-state index in [9.17, 15) is 0 Å². The van der Waals surface area contributed by atoms with Gasteiger partial charge in [-0.3, -0.25) is 4.90 Å². The maximum absolute atomic E-state index is 6.07. The van der Waals surface area contributed by atoms with Crippen LogP contribution >= 0.6 is 0 Å². The molecule has 1 N–H and O–H groups in total. The molecule has 3 atom stereocenters. The maximum Gasteiger partial charge on any atom is 0.0690 e. The van der Waals surface area contributed by atoms with Gasteiger partial charge in [0.15, 0.2) is 0 Å². The number of piperidine rings is 1. The molecule has 2 aliphatic carbocycles.